The van der Waals surface area contributed by atoms with E-state index >= 15 is 0 Å². The Kier molecular flexibility index (Phi) is 5.83. The van der Waals surface area contributed by atoms with E-state index in [1.165, 1.54) is 11.8 Å². The maximum Gasteiger partial charge on any atom is 0.233 e. The largest absolute Gasteiger partial charge is 0.496 e. The van der Waals surface area contributed by atoms with Crippen molar-refractivity contribution in [3.8, 4) is 5.75 Å². The number of methoxy groups -OCH3 is 1. The van der Waals surface area contributed by atoms with Crippen LogP contribution in [0.15, 0.2) is 47.6 Å². The molecule has 0 N–H and O–H groups in total. The van der Waals surface area contributed by atoms with Crippen molar-refractivity contribution in [2.24, 2.45) is 0 Å². The molecule has 0 aliphatic carbocycles. The first kappa shape index (κ1) is 16.4. The first-order chi connectivity index (χ1) is 10.6. The number of aromatic nitrogens is 1. The van der Waals surface area contributed by atoms with E-state index in [2.05, 4.69) is 4.98 Å². The highest BCUT2D eigenvalue weighted by molar-refractivity contribution is 7.99. The second-order valence-electron chi connectivity index (χ2n) is 5.02. The van der Waals surface area contributed by atoms with Gasteiger partial charge >= 0.3 is 0 Å². The third kappa shape index (κ3) is 4.49. The molecule has 1 amide bonds. The van der Waals surface area contributed by atoms with E-state index in [9.17, 15) is 4.79 Å². The third-order valence-electron chi connectivity index (χ3n) is 3.25. The molecule has 0 spiro atoms. The Morgan fingerprint density at radius 2 is 2.05 bits per heavy atom. The molecule has 0 aliphatic rings. The summed E-state index contributed by atoms with van der Waals surface area (Å²) in [6.45, 7) is 2.53. The molecule has 2 rings (SSSR count). The van der Waals surface area contributed by atoms with Crippen LogP contribution in [0.3, 0.4) is 0 Å². The van der Waals surface area contributed by atoms with Crippen molar-refractivity contribution >= 4 is 17.7 Å². The zero-order valence-electron chi connectivity index (χ0n) is 13.1. The number of amides is 1. The van der Waals surface area contributed by atoms with Crippen molar-refractivity contribution in [2.75, 3.05) is 19.9 Å². The average Bonchev–Trinajstić information content (AvgIpc) is 2.54. The Balaban J connectivity index is 1.90. The molecule has 1 heterocycles. The van der Waals surface area contributed by atoms with Gasteiger partial charge in [0, 0.05) is 25.4 Å². The fourth-order valence-electron chi connectivity index (χ4n) is 1.96. The molecule has 1 aromatic carbocycles. The van der Waals surface area contributed by atoms with Gasteiger partial charge in [-0.1, -0.05) is 36.0 Å². The number of aryl methyl sites for hydroxylation is 1. The molecule has 22 heavy (non-hydrogen) atoms. The number of hydrogen-bond acceptors (Lipinski definition) is 4. The second-order valence-corrected chi connectivity index (χ2v) is 6.02. The molecular formula is C17H20N2O2S. The lowest BCUT2D eigenvalue weighted by Crippen LogP contribution is -2.28. The predicted molar refractivity (Wildman–Crippen MR) is 89.2 cm³/mol. The minimum atomic E-state index is 0.0679. The molecule has 0 radical (unpaired) electrons. The van der Waals surface area contributed by atoms with Gasteiger partial charge in [0.2, 0.25) is 5.91 Å². The normalized spacial score (nSPS) is 10.3. The van der Waals surface area contributed by atoms with Crippen LogP contribution in [0.25, 0.3) is 0 Å². The monoisotopic (exact) mass is 316 g/mol. The summed E-state index contributed by atoms with van der Waals surface area (Å²) >= 11 is 1.45. The van der Waals surface area contributed by atoms with E-state index in [4.69, 9.17) is 4.74 Å². The SMILES string of the molecule is COc1ccccc1CN(C)C(=O)CSc1ccc(C)cn1. The molecule has 1 aromatic heterocycles. The summed E-state index contributed by atoms with van der Waals surface area (Å²) in [4.78, 5) is 18.2. The summed E-state index contributed by atoms with van der Waals surface area (Å²) in [5.74, 6) is 1.25. The van der Waals surface area contributed by atoms with Crippen molar-refractivity contribution < 1.29 is 9.53 Å². The topological polar surface area (TPSA) is 42.4 Å². The van der Waals surface area contributed by atoms with Gasteiger partial charge in [-0.05, 0) is 24.6 Å². The van der Waals surface area contributed by atoms with Crippen LogP contribution in [-0.4, -0.2) is 35.7 Å². The molecular weight excluding hydrogens is 296 g/mol. The molecule has 5 heteroatoms. The van der Waals surface area contributed by atoms with Crippen molar-refractivity contribution in [3.63, 3.8) is 0 Å². The van der Waals surface area contributed by atoms with Gasteiger partial charge in [0.15, 0.2) is 0 Å². The summed E-state index contributed by atoms with van der Waals surface area (Å²) in [7, 11) is 3.44. The lowest BCUT2D eigenvalue weighted by Gasteiger charge is -2.18. The van der Waals surface area contributed by atoms with Gasteiger partial charge in [0.1, 0.15) is 5.75 Å². The van der Waals surface area contributed by atoms with Gasteiger partial charge in [-0.2, -0.15) is 0 Å². The fourth-order valence-corrected chi connectivity index (χ4v) is 2.75. The number of hydrogen-bond donors (Lipinski definition) is 0. The van der Waals surface area contributed by atoms with Crippen LogP contribution < -0.4 is 4.74 Å². The van der Waals surface area contributed by atoms with E-state index in [-0.39, 0.29) is 5.91 Å². The number of carbonyl (C=O) groups is 1. The number of benzene rings is 1. The van der Waals surface area contributed by atoms with Gasteiger partial charge < -0.3 is 9.64 Å². The number of pyridine rings is 1. The highest BCUT2D eigenvalue weighted by atomic mass is 32.2. The third-order valence-corrected chi connectivity index (χ3v) is 4.18. The minimum Gasteiger partial charge on any atom is -0.496 e. The van der Waals surface area contributed by atoms with Crippen LogP contribution in [0.2, 0.25) is 0 Å². The van der Waals surface area contributed by atoms with Crippen molar-refractivity contribution in [1.82, 2.24) is 9.88 Å². The summed E-state index contributed by atoms with van der Waals surface area (Å²) in [6.07, 6.45) is 1.81. The minimum absolute atomic E-state index is 0.0679. The van der Waals surface area contributed by atoms with Crippen LogP contribution in [0.5, 0.6) is 5.75 Å². The van der Waals surface area contributed by atoms with E-state index in [1.54, 1.807) is 19.1 Å². The number of thioether (sulfide) groups is 1. The summed E-state index contributed by atoms with van der Waals surface area (Å²) in [5, 5.41) is 0.865. The Morgan fingerprint density at radius 1 is 1.27 bits per heavy atom. The highest BCUT2D eigenvalue weighted by Gasteiger charge is 2.12. The van der Waals surface area contributed by atoms with E-state index in [0.717, 1.165) is 21.9 Å². The van der Waals surface area contributed by atoms with Crippen LogP contribution in [0.1, 0.15) is 11.1 Å². The van der Waals surface area contributed by atoms with Gasteiger partial charge in [0.05, 0.1) is 17.9 Å². The quantitative estimate of drug-likeness (QED) is 0.768. The fraction of sp³-hybridized carbons (Fsp3) is 0.294. The van der Waals surface area contributed by atoms with Gasteiger partial charge in [-0.25, -0.2) is 4.98 Å². The lowest BCUT2D eigenvalue weighted by atomic mass is 10.2. The summed E-state index contributed by atoms with van der Waals surface area (Å²) in [5.41, 5.74) is 2.11. The van der Waals surface area contributed by atoms with Crippen molar-refractivity contribution in [2.45, 2.75) is 18.5 Å². The molecule has 0 saturated carbocycles. The first-order valence-electron chi connectivity index (χ1n) is 7.01. The van der Waals surface area contributed by atoms with Gasteiger partial charge in [0.25, 0.3) is 0 Å². The standard InChI is InChI=1S/C17H20N2O2S/c1-13-8-9-16(18-10-13)22-12-17(20)19(2)11-14-6-4-5-7-15(14)21-3/h4-10H,11-12H2,1-3H3. The number of rotatable bonds is 6. The maximum absolute atomic E-state index is 12.2. The number of ether oxygens (including phenoxy) is 1. The zero-order chi connectivity index (χ0) is 15.9. The molecule has 0 unspecified atom stereocenters. The highest BCUT2D eigenvalue weighted by Crippen LogP contribution is 2.20. The van der Waals surface area contributed by atoms with Crippen LogP contribution >= 0.6 is 11.8 Å². The van der Waals surface area contributed by atoms with Crippen LogP contribution in [-0.2, 0) is 11.3 Å². The van der Waals surface area contributed by atoms with Crippen LogP contribution in [0.4, 0.5) is 0 Å². The second kappa shape index (κ2) is 7.84. The molecule has 4 nitrogen and oxygen atoms in total. The number of nitrogens with zero attached hydrogens (tertiary/aromatic N) is 2. The molecule has 0 fully saturated rings. The van der Waals surface area contributed by atoms with Gasteiger partial charge in [-0.15, -0.1) is 0 Å². The molecule has 116 valence electrons. The van der Waals surface area contributed by atoms with Crippen molar-refractivity contribution in [3.05, 3.63) is 53.7 Å². The number of carbonyl (C=O) groups excluding carboxylic acids is 1. The molecule has 0 bridgehead atoms. The Bertz CT molecular complexity index is 629. The smallest absolute Gasteiger partial charge is 0.233 e. The molecule has 0 atom stereocenters. The van der Waals surface area contributed by atoms with E-state index in [0.29, 0.717) is 12.3 Å². The van der Waals surface area contributed by atoms with E-state index < -0.39 is 0 Å². The molecule has 0 saturated heterocycles. The van der Waals surface area contributed by atoms with Crippen molar-refractivity contribution in [1.29, 1.82) is 0 Å². The summed E-state index contributed by atoms with van der Waals surface area (Å²) < 4.78 is 5.31. The zero-order valence-corrected chi connectivity index (χ0v) is 13.9. The number of para-hydroxylation sites is 1. The Hall–Kier alpha value is -2.01. The lowest BCUT2D eigenvalue weighted by molar-refractivity contribution is -0.127. The Morgan fingerprint density at radius 3 is 2.73 bits per heavy atom. The van der Waals surface area contributed by atoms with E-state index in [1.807, 2.05) is 49.5 Å². The van der Waals surface area contributed by atoms with Crippen LogP contribution in [0, 0.1) is 6.92 Å². The Labute approximate surface area is 135 Å². The molecule has 0 aliphatic heterocycles. The average molecular weight is 316 g/mol. The summed E-state index contributed by atoms with van der Waals surface area (Å²) in [6, 6.07) is 11.7. The molecule has 2 aromatic rings. The predicted octanol–water partition coefficient (Wildman–Crippen LogP) is 3.15. The maximum atomic E-state index is 12.2. The first-order valence-corrected chi connectivity index (χ1v) is 8.00. The van der Waals surface area contributed by atoms with Gasteiger partial charge in [-0.3, -0.25) is 4.79 Å².